The first-order valence-electron chi connectivity index (χ1n) is 5.37. The zero-order chi connectivity index (χ0) is 12.2. The summed E-state index contributed by atoms with van der Waals surface area (Å²) in [6.07, 6.45) is 5.80. The van der Waals surface area contributed by atoms with Gasteiger partial charge in [0.15, 0.2) is 0 Å². The lowest BCUT2D eigenvalue weighted by Crippen LogP contribution is -2.30. The Hall–Kier alpha value is -0.610. The summed E-state index contributed by atoms with van der Waals surface area (Å²) in [5.41, 5.74) is 0.822. The Bertz CT molecular complexity index is 318. The third-order valence-corrected chi connectivity index (χ3v) is 3.32. The molecule has 1 aliphatic rings. The van der Waals surface area contributed by atoms with Crippen LogP contribution in [0, 0.1) is 0 Å². The molecule has 0 aliphatic heterocycles. The molecule has 3 nitrogen and oxygen atoms in total. The van der Waals surface area contributed by atoms with E-state index in [0.29, 0.717) is 6.61 Å². The van der Waals surface area contributed by atoms with E-state index in [-0.39, 0.29) is 16.7 Å². The fraction of sp³-hybridized carbons (Fsp3) is 0.583. The van der Waals surface area contributed by atoms with Crippen molar-refractivity contribution >= 4 is 21.9 Å². The highest BCUT2D eigenvalue weighted by molar-refractivity contribution is 9.10. The van der Waals surface area contributed by atoms with Crippen molar-refractivity contribution in [3.63, 3.8) is 0 Å². The molecule has 0 heterocycles. The van der Waals surface area contributed by atoms with Crippen LogP contribution < -0.4 is 0 Å². The van der Waals surface area contributed by atoms with E-state index in [2.05, 4.69) is 15.9 Å². The number of aliphatic hydroxyl groups excluding tert-OH is 1. The van der Waals surface area contributed by atoms with Crippen molar-refractivity contribution in [1.82, 2.24) is 0 Å². The number of halogens is 1. The fourth-order valence-electron chi connectivity index (χ4n) is 1.70. The SMILES string of the molecule is CCOC(=O)CC(O)C1=CC=CCC1(C)Br. The smallest absolute Gasteiger partial charge is 0.308 e. The molecule has 0 spiro atoms. The minimum atomic E-state index is -0.784. The molecule has 0 saturated carbocycles. The molecule has 0 radical (unpaired) electrons. The second-order valence-electron chi connectivity index (χ2n) is 3.98. The van der Waals surface area contributed by atoms with Gasteiger partial charge < -0.3 is 9.84 Å². The van der Waals surface area contributed by atoms with Gasteiger partial charge in [-0.1, -0.05) is 34.2 Å². The van der Waals surface area contributed by atoms with Gasteiger partial charge in [-0.2, -0.15) is 0 Å². The number of esters is 1. The Morgan fingerprint density at radius 2 is 2.44 bits per heavy atom. The van der Waals surface area contributed by atoms with E-state index in [1.807, 2.05) is 25.2 Å². The van der Waals surface area contributed by atoms with Crippen LogP contribution in [0.5, 0.6) is 0 Å². The Labute approximate surface area is 104 Å². The highest BCUT2D eigenvalue weighted by atomic mass is 79.9. The number of hydrogen-bond donors (Lipinski definition) is 1. The van der Waals surface area contributed by atoms with Crippen molar-refractivity contribution in [3.05, 3.63) is 23.8 Å². The first-order chi connectivity index (χ1) is 7.47. The third kappa shape index (κ3) is 3.46. The van der Waals surface area contributed by atoms with Crippen LogP contribution in [0.2, 0.25) is 0 Å². The number of carbonyl (C=O) groups excluding carboxylic acids is 1. The summed E-state index contributed by atoms with van der Waals surface area (Å²) >= 11 is 3.56. The van der Waals surface area contributed by atoms with E-state index in [1.54, 1.807) is 6.92 Å². The quantitative estimate of drug-likeness (QED) is 0.638. The van der Waals surface area contributed by atoms with Crippen molar-refractivity contribution in [2.45, 2.75) is 37.1 Å². The van der Waals surface area contributed by atoms with Gasteiger partial charge in [0.1, 0.15) is 0 Å². The second-order valence-corrected chi connectivity index (χ2v) is 5.73. The van der Waals surface area contributed by atoms with E-state index in [0.717, 1.165) is 12.0 Å². The monoisotopic (exact) mass is 288 g/mol. The molecule has 2 unspecified atom stereocenters. The van der Waals surface area contributed by atoms with Crippen LogP contribution in [0.15, 0.2) is 23.8 Å². The summed E-state index contributed by atoms with van der Waals surface area (Å²) in [4.78, 5) is 11.3. The van der Waals surface area contributed by atoms with Crippen LogP contribution in [-0.4, -0.2) is 28.1 Å². The van der Waals surface area contributed by atoms with Crippen molar-refractivity contribution in [3.8, 4) is 0 Å². The fourth-order valence-corrected chi connectivity index (χ4v) is 2.28. The summed E-state index contributed by atoms with van der Waals surface area (Å²) in [7, 11) is 0. The van der Waals surface area contributed by atoms with Gasteiger partial charge in [0.25, 0.3) is 0 Å². The summed E-state index contributed by atoms with van der Waals surface area (Å²) < 4.78 is 4.54. The van der Waals surface area contributed by atoms with Crippen LogP contribution in [0.4, 0.5) is 0 Å². The second kappa shape index (κ2) is 5.64. The van der Waals surface area contributed by atoms with E-state index in [1.165, 1.54) is 0 Å². The largest absolute Gasteiger partial charge is 0.466 e. The number of hydrogen-bond acceptors (Lipinski definition) is 3. The first kappa shape index (κ1) is 13.5. The molecule has 90 valence electrons. The first-order valence-corrected chi connectivity index (χ1v) is 6.16. The molecule has 0 aromatic rings. The third-order valence-electron chi connectivity index (χ3n) is 2.54. The van der Waals surface area contributed by atoms with Gasteiger partial charge in [-0.25, -0.2) is 0 Å². The number of allylic oxidation sites excluding steroid dienone is 3. The molecular weight excluding hydrogens is 272 g/mol. The predicted octanol–water partition coefficient (Wildman–Crippen LogP) is 2.34. The molecule has 2 atom stereocenters. The number of rotatable bonds is 4. The van der Waals surface area contributed by atoms with Crippen molar-refractivity contribution < 1.29 is 14.6 Å². The maximum absolute atomic E-state index is 11.3. The minimum absolute atomic E-state index is 0.00863. The highest BCUT2D eigenvalue weighted by Gasteiger charge is 2.31. The average molecular weight is 289 g/mol. The van der Waals surface area contributed by atoms with Crippen LogP contribution >= 0.6 is 15.9 Å². The summed E-state index contributed by atoms with van der Waals surface area (Å²) in [5, 5.41) is 9.97. The Balaban J connectivity index is 2.66. The molecule has 0 bridgehead atoms. The molecule has 0 saturated heterocycles. The molecular formula is C12H17BrO3. The van der Waals surface area contributed by atoms with E-state index in [9.17, 15) is 9.90 Å². The molecule has 1 aliphatic carbocycles. The molecule has 16 heavy (non-hydrogen) atoms. The predicted molar refractivity (Wildman–Crippen MR) is 66.4 cm³/mol. The lowest BCUT2D eigenvalue weighted by atomic mass is 9.88. The molecule has 0 aromatic carbocycles. The van der Waals surface area contributed by atoms with Gasteiger partial charge in [-0.3, -0.25) is 4.79 Å². The van der Waals surface area contributed by atoms with Crippen LogP contribution in [0.3, 0.4) is 0 Å². The van der Waals surface area contributed by atoms with Gasteiger partial charge in [0, 0.05) is 4.32 Å². The lowest BCUT2D eigenvalue weighted by molar-refractivity contribution is -0.144. The molecule has 0 aromatic heterocycles. The van der Waals surface area contributed by atoms with Crippen LogP contribution in [0.1, 0.15) is 26.7 Å². The summed E-state index contributed by atoms with van der Waals surface area (Å²) in [6.45, 7) is 4.08. The maximum atomic E-state index is 11.3. The van der Waals surface area contributed by atoms with Gasteiger partial charge in [-0.05, 0) is 25.8 Å². The Morgan fingerprint density at radius 1 is 1.75 bits per heavy atom. The topological polar surface area (TPSA) is 46.5 Å². The van der Waals surface area contributed by atoms with Crippen molar-refractivity contribution in [2.24, 2.45) is 0 Å². The van der Waals surface area contributed by atoms with Gasteiger partial charge >= 0.3 is 5.97 Å². The van der Waals surface area contributed by atoms with E-state index in [4.69, 9.17) is 4.74 Å². The van der Waals surface area contributed by atoms with Gasteiger partial charge in [0.2, 0.25) is 0 Å². The van der Waals surface area contributed by atoms with Crippen molar-refractivity contribution in [1.29, 1.82) is 0 Å². The number of aliphatic hydroxyl groups is 1. The Morgan fingerprint density at radius 3 is 3.00 bits per heavy atom. The van der Waals surface area contributed by atoms with Gasteiger partial charge in [-0.15, -0.1) is 0 Å². The molecule has 0 fully saturated rings. The number of ether oxygens (including phenoxy) is 1. The maximum Gasteiger partial charge on any atom is 0.308 e. The average Bonchev–Trinajstić information content (AvgIpc) is 2.16. The zero-order valence-corrected chi connectivity index (χ0v) is 11.2. The highest BCUT2D eigenvalue weighted by Crippen LogP contribution is 2.36. The molecule has 4 heteroatoms. The molecule has 1 N–H and O–H groups in total. The Kier molecular flexibility index (Phi) is 4.74. The number of carbonyl (C=O) groups is 1. The van der Waals surface area contributed by atoms with E-state index >= 15 is 0 Å². The number of alkyl halides is 1. The van der Waals surface area contributed by atoms with Crippen molar-refractivity contribution in [2.75, 3.05) is 6.61 Å². The zero-order valence-electron chi connectivity index (χ0n) is 9.57. The van der Waals surface area contributed by atoms with E-state index < -0.39 is 6.10 Å². The normalized spacial score (nSPS) is 26.1. The summed E-state index contributed by atoms with van der Waals surface area (Å²) in [6, 6.07) is 0. The minimum Gasteiger partial charge on any atom is -0.466 e. The lowest BCUT2D eigenvalue weighted by Gasteiger charge is -2.30. The van der Waals surface area contributed by atoms with Crippen LogP contribution in [0.25, 0.3) is 0 Å². The van der Waals surface area contributed by atoms with Gasteiger partial charge in [0.05, 0.1) is 19.1 Å². The summed E-state index contributed by atoms with van der Waals surface area (Å²) in [5.74, 6) is -0.367. The molecule has 1 rings (SSSR count). The molecule has 0 amide bonds. The standard InChI is InChI=1S/C12H17BrO3/c1-3-16-11(15)8-10(14)9-6-4-5-7-12(9,2)13/h4-6,10,14H,3,7-8H2,1-2H3. The van der Waals surface area contributed by atoms with Crippen LogP contribution in [-0.2, 0) is 9.53 Å².